The maximum Gasteiger partial charge on any atom is 0.191 e. The van der Waals surface area contributed by atoms with E-state index in [1.807, 2.05) is 18.3 Å². The summed E-state index contributed by atoms with van der Waals surface area (Å²) in [4.78, 5) is 8.65. The van der Waals surface area contributed by atoms with Gasteiger partial charge in [-0.1, -0.05) is 6.07 Å². The molecular weight excluding hydrogens is 495 g/mol. The van der Waals surface area contributed by atoms with Gasteiger partial charge in [-0.2, -0.15) is 0 Å². The van der Waals surface area contributed by atoms with Crippen LogP contribution in [0.2, 0.25) is 0 Å². The van der Waals surface area contributed by atoms with E-state index in [1.54, 1.807) is 0 Å². The third kappa shape index (κ3) is 8.66. The molecule has 1 aromatic rings. The number of rotatable bonds is 8. The minimum atomic E-state index is -2.91. The van der Waals surface area contributed by atoms with Crippen molar-refractivity contribution in [3.8, 4) is 0 Å². The Kier molecular flexibility index (Phi) is 11.2. The highest BCUT2D eigenvalue weighted by Gasteiger charge is 2.31. The maximum atomic E-state index is 11.2. The van der Waals surface area contributed by atoms with Crippen LogP contribution in [0.3, 0.4) is 0 Å². The van der Waals surface area contributed by atoms with E-state index in [9.17, 15) is 8.42 Å². The van der Waals surface area contributed by atoms with Crippen LogP contribution >= 0.6 is 35.3 Å². The largest absolute Gasteiger partial charge is 0.357 e. The van der Waals surface area contributed by atoms with Gasteiger partial charge in [0.2, 0.25) is 0 Å². The molecule has 1 fully saturated rings. The molecular formula is C18H33IN4O2S2. The summed E-state index contributed by atoms with van der Waals surface area (Å²) in [6.45, 7) is 5.34. The van der Waals surface area contributed by atoms with Crippen molar-refractivity contribution >= 4 is 51.1 Å². The molecule has 1 aliphatic rings. The van der Waals surface area contributed by atoms with E-state index >= 15 is 0 Å². The first-order valence-electron chi connectivity index (χ1n) is 9.34. The number of aliphatic imine (C=N–C) groups is 1. The Balaban J connectivity index is 0.00000364. The van der Waals surface area contributed by atoms with E-state index in [0.29, 0.717) is 24.9 Å². The fraction of sp³-hybridized carbons (Fsp3) is 0.722. The molecule has 0 radical (unpaired) electrons. The van der Waals surface area contributed by atoms with Gasteiger partial charge in [-0.3, -0.25) is 9.89 Å². The summed E-state index contributed by atoms with van der Waals surface area (Å²) in [6.07, 6.45) is 4.25. The van der Waals surface area contributed by atoms with Gasteiger partial charge in [0.1, 0.15) is 9.84 Å². The number of nitrogens with zero attached hydrogens (tertiary/aromatic N) is 2. The lowest BCUT2D eigenvalue weighted by molar-refractivity contribution is 0.128. The minimum Gasteiger partial charge on any atom is -0.357 e. The zero-order chi connectivity index (χ0) is 19.0. The van der Waals surface area contributed by atoms with E-state index in [0.717, 1.165) is 25.6 Å². The zero-order valence-electron chi connectivity index (χ0n) is 16.5. The van der Waals surface area contributed by atoms with Gasteiger partial charge in [0.15, 0.2) is 5.96 Å². The van der Waals surface area contributed by atoms with Crippen LogP contribution in [0, 0.1) is 5.92 Å². The highest BCUT2D eigenvalue weighted by molar-refractivity contribution is 14.0. The third-order valence-electron chi connectivity index (χ3n) is 4.65. The normalized spacial score (nSPS) is 21.5. The Labute approximate surface area is 185 Å². The lowest BCUT2D eigenvalue weighted by Crippen LogP contribution is -2.40. The summed E-state index contributed by atoms with van der Waals surface area (Å²) in [6, 6.07) is 4.78. The summed E-state index contributed by atoms with van der Waals surface area (Å²) < 4.78 is 22.5. The molecule has 2 heterocycles. The average molecular weight is 529 g/mol. The quantitative estimate of drug-likeness (QED) is 0.235. The molecule has 2 N–H and O–H groups in total. The van der Waals surface area contributed by atoms with Gasteiger partial charge in [0, 0.05) is 36.8 Å². The SMILES string of the molecule is CCNC(=NCC1CCCN(C)C1c1cccs1)NCCCS(C)(=O)=O.I. The summed E-state index contributed by atoms with van der Waals surface area (Å²) in [5.41, 5.74) is 0. The van der Waals surface area contributed by atoms with Gasteiger partial charge in [0.25, 0.3) is 0 Å². The van der Waals surface area contributed by atoms with Crippen LogP contribution in [-0.2, 0) is 9.84 Å². The summed E-state index contributed by atoms with van der Waals surface area (Å²) >= 11 is 1.82. The van der Waals surface area contributed by atoms with Crippen molar-refractivity contribution in [2.24, 2.45) is 10.9 Å². The topological polar surface area (TPSA) is 73.8 Å². The van der Waals surface area contributed by atoms with Crippen molar-refractivity contribution < 1.29 is 8.42 Å². The molecule has 1 aliphatic heterocycles. The first-order valence-corrected chi connectivity index (χ1v) is 12.3. The van der Waals surface area contributed by atoms with Gasteiger partial charge in [-0.25, -0.2) is 8.42 Å². The Morgan fingerprint density at radius 2 is 2.19 bits per heavy atom. The van der Waals surface area contributed by atoms with Gasteiger partial charge >= 0.3 is 0 Å². The van der Waals surface area contributed by atoms with Crippen LogP contribution in [0.1, 0.15) is 37.1 Å². The molecule has 9 heteroatoms. The molecule has 2 unspecified atom stereocenters. The molecule has 1 aromatic heterocycles. The Morgan fingerprint density at radius 1 is 1.41 bits per heavy atom. The third-order valence-corrected chi connectivity index (χ3v) is 6.63. The minimum absolute atomic E-state index is 0. The van der Waals surface area contributed by atoms with Crippen LogP contribution in [0.5, 0.6) is 0 Å². The number of piperidine rings is 1. The molecule has 1 saturated heterocycles. The van der Waals surface area contributed by atoms with E-state index in [1.165, 1.54) is 24.0 Å². The average Bonchev–Trinajstić information content (AvgIpc) is 3.09. The fourth-order valence-electron chi connectivity index (χ4n) is 3.45. The van der Waals surface area contributed by atoms with Crippen LogP contribution in [0.4, 0.5) is 0 Å². The fourth-order valence-corrected chi connectivity index (χ4v) is 5.10. The maximum absolute atomic E-state index is 11.2. The van der Waals surface area contributed by atoms with Crippen molar-refractivity contribution in [1.29, 1.82) is 0 Å². The van der Waals surface area contributed by atoms with Gasteiger partial charge in [-0.05, 0) is 57.1 Å². The molecule has 0 spiro atoms. The number of thiophene rings is 1. The zero-order valence-corrected chi connectivity index (χ0v) is 20.4. The Bertz CT molecular complexity index is 665. The number of nitrogens with one attached hydrogen (secondary N) is 2. The van der Waals surface area contributed by atoms with Crippen molar-refractivity contribution in [3.63, 3.8) is 0 Å². The van der Waals surface area contributed by atoms with E-state index in [-0.39, 0.29) is 29.7 Å². The molecule has 2 rings (SSSR count). The van der Waals surface area contributed by atoms with Crippen molar-refractivity contribution in [2.75, 3.05) is 45.2 Å². The predicted octanol–water partition coefficient (Wildman–Crippen LogP) is 2.74. The Morgan fingerprint density at radius 3 is 2.81 bits per heavy atom. The number of sulfone groups is 1. The summed E-state index contributed by atoms with van der Waals surface area (Å²) in [5.74, 6) is 1.48. The molecule has 0 bridgehead atoms. The van der Waals surface area contributed by atoms with Gasteiger partial charge in [0.05, 0.1) is 5.75 Å². The molecule has 0 amide bonds. The Hall–Kier alpha value is -0.390. The summed E-state index contributed by atoms with van der Waals surface area (Å²) in [7, 11) is -0.704. The van der Waals surface area contributed by atoms with Crippen LogP contribution in [-0.4, -0.2) is 64.5 Å². The number of guanidine groups is 1. The number of halogens is 1. The lowest BCUT2D eigenvalue weighted by atomic mass is 9.88. The van der Waals surface area contributed by atoms with Crippen LogP contribution < -0.4 is 10.6 Å². The van der Waals surface area contributed by atoms with Crippen LogP contribution in [0.25, 0.3) is 0 Å². The van der Waals surface area contributed by atoms with Crippen molar-refractivity contribution in [2.45, 2.75) is 32.2 Å². The molecule has 0 aromatic carbocycles. The van der Waals surface area contributed by atoms with Gasteiger partial charge < -0.3 is 10.6 Å². The second-order valence-corrected chi connectivity index (χ2v) is 10.2. The van der Waals surface area contributed by atoms with E-state index in [4.69, 9.17) is 4.99 Å². The molecule has 2 atom stereocenters. The number of likely N-dealkylation sites (tertiary alicyclic amines) is 1. The highest BCUT2D eigenvalue weighted by atomic mass is 127. The molecule has 6 nitrogen and oxygen atoms in total. The monoisotopic (exact) mass is 528 g/mol. The van der Waals surface area contributed by atoms with Crippen molar-refractivity contribution in [3.05, 3.63) is 22.4 Å². The van der Waals surface area contributed by atoms with Gasteiger partial charge in [-0.15, -0.1) is 35.3 Å². The highest BCUT2D eigenvalue weighted by Crippen LogP contribution is 2.37. The molecule has 0 saturated carbocycles. The van der Waals surface area contributed by atoms with Crippen LogP contribution in [0.15, 0.2) is 22.5 Å². The number of hydrogen-bond acceptors (Lipinski definition) is 5. The standard InChI is InChI=1S/C18H32N4O2S2.HI/c1-4-19-18(20-10-7-13-26(3,23)24)21-14-15-8-5-11-22(2)17(15)16-9-6-12-25-16;/h6,9,12,15,17H,4-5,7-8,10-11,13-14H2,1-3H3,(H2,19,20,21);1H. The lowest BCUT2D eigenvalue weighted by Gasteiger charge is -2.38. The van der Waals surface area contributed by atoms with E-state index < -0.39 is 9.84 Å². The predicted molar refractivity (Wildman–Crippen MR) is 126 cm³/mol. The smallest absolute Gasteiger partial charge is 0.191 e. The molecule has 0 aliphatic carbocycles. The first-order chi connectivity index (χ1) is 12.4. The second kappa shape index (κ2) is 12.2. The second-order valence-electron chi connectivity index (χ2n) is 6.97. The molecule has 27 heavy (non-hydrogen) atoms. The molecule has 156 valence electrons. The van der Waals surface area contributed by atoms with Crippen molar-refractivity contribution in [1.82, 2.24) is 15.5 Å². The summed E-state index contributed by atoms with van der Waals surface area (Å²) in [5, 5.41) is 8.66. The number of hydrogen-bond donors (Lipinski definition) is 2. The first kappa shape index (κ1) is 24.6. The van der Waals surface area contributed by atoms with E-state index in [2.05, 4.69) is 40.1 Å².